The molecule has 5 heteroatoms. The Morgan fingerprint density at radius 2 is 1.90 bits per heavy atom. The summed E-state index contributed by atoms with van der Waals surface area (Å²) in [7, 11) is 0. The average molecular weight is 297 g/mol. The number of hydrogen-bond donors (Lipinski definition) is 3. The quantitative estimate of drug-likeness (QED) is 0.635. The van der Waals surface area contributed by atoms with Crippen LogP contribution in [0.5, 0.6) is 0 Å². The predicted molar refractivity (Wildman–Crippen MR) is 84.9 cm³/mol. The summed E-state index contributed by atoms with van der Waals surface area (Å²) in [5, 5.41) is 9.02. The Balaban J connectivity index is 2.49. The Bertz CT molecular complexity index is 336. The Hall–Kier alpha value is -1.10. The van der Waals surface area contributed by atoms with Gasteiger partial charge < -0.3 is 16.0 Å². The molecule has 0 aromatic heterocycles. The Morgan fingerprint density at radius 1 is 1.19 bits per heavy atom. The Labute approximate surface area is 128 Å². The van der Waals surface area contributed by atoms with Gasteiger partial charge in [-0.2, -0.15) is 0 Å². The van der Waals surface area contributed by atoms with E-state index in [1.165, 1.54) is 0 Å². The summed E-state index contributed by atoms with van der Waals surface area (Å²) in [4.78, 5) is 24.4. The molecule has 1 saturated heterocycles. The van der Waals surface area contributed by atoms with Crippen molar-refractivity contribution in [3.05, 3.63) is 0 Å². The van der Waals surface area contributed by atoms with Gasteiger partial charge in [-0.15, -0.1) is 0 Å². The van der Waals surface area contributed by atoms with Gasteiger partial charge in [0.1, 0.15) is 6.04 Å². The monoisotopic (exact) mass is 297 g/mol. The largest absolute Gasteiger partial charge is 0.354 e. The SMILES string of the molecule is CC(C)CCNC(=O)[C@H](CC(C)C)NC(=O)[C@@H]1CCCN1. The summed E-state index contributed by atoms with van der Waals surface area (Å²) in [6.45, 7) is 9.94. The van der Waals surface area contributed by atoms with E-state index in [-0.39, 0.29) is 17.9 Å². The van der Waals surface area contributed by atoms with Gasteiger partial charge in [-0.05, 0) is 44.1 Å². The number of amides is 2. The van der Waals surface area contributed by atoms with Crippen LogP contribution >= 0.6 is 0 Å². The zero-order valence-corrected chi connectivity index (χ0v) is 13.9. The Kier molecular flexibility index (Phi) is 7.72. The highest BCUT2D eigenvalue weighted by Crippen LogP contribution is 2.09. The lowest BCUT2D eigenvalue weighted by atomic mass is 10.0. The standard InChI is InChI=1S/C16H31N3O2/c1-11(2)7-9-18-15(20)14(10-12(3)4)19-16(21)13-6-5-8-17-13/h11-14,17H,5-10H2,1-4H3,(H,18,20)(H,19,21)/t13-,14-/m0/s1. The smallest absolute Gasteiger partial charge is 0.242 e. The second-order valence-corrected chi connectivity index (χ2v) is 6.81. The van der Waals surface area contributed by atoms with Gasteiger partial charge >= 0.3 is 0 Å². The predicted octanol–water partition coefficient (Wildman–Crippen LogP) is 1.43. The normalized spacial score (nSPS) is 19.8. The summed E-state index contributed by atoms with van der Waals surface area (Å²) in [6.07, 6.45) is 3.51. The number of carbonyl (C=O) groups is 2. The van der Waals surface area contributed by atoms with E-state index in [9.17, 15) is 9.59 Å². The summed E-state index contributed by atoms with van der Waals surface area (Å²) < 4.78 is 0. The second-order valence-electron chi connectivity index (χ2n) is 6.81. The molecule has 122 valence electrons. The van der Waals surface area contributed by atoms with Crippen LogP contribution in [-0.2, 0) is 9.59 Å². The van der Waals surface area contributed by atoms with E-state index in [2.05, 4.69) is 43.6 Å². The van der Waals surface area contributed by atoms with Crippen molar-refractivity contribution in [2.45, 2.75) is 65.5 Å². The number of carbonyl (C=O) groups excluding carboxylic acids is 2. The van der Waals surface area contributed by atoms with E-state index in [1.807, 2.05) is 0 Å². The van der Waals surface area contributed by atoms with Crippen LogP contribution in [0.4, 0.5) is 0 Å². The maximum Gasteiger partial charge on any atom is 0.242 e. The minimum atomic E-state index is -0.424. The van der Waals surface area contributed by atoms with Crippen molar-refractivity contribution in [3.8, 4) is 0 Å². The number of nitrogens with one attached hydrogen (secondary N) is 3. The van der Waals surface area contributed by atoms with Crippen molar-refractivity contribution in [2.24, 2.45) is 11.8 Å². The van der Waals surface area contributed by atoms with Crippen molar-refractivity contribution >= 4 is 11.8 Å². The lowest BCUT2D eigenvalue weighted by molar-refractivity contribution is -0.130. The van der Waals surface area contributed by atoms with Gasteiger partial charge in [0.2, 0.25) is 11.8 Å². The first kappa shape index (κ1) is 18.0. The molecule has 1 aliphatic rings. The van der Waals surface area contributed by atoms with E-state index in [0.717, 1.165) is 25.8 Å². The molecule has 0 radical (unpaired) electrons. The highest BCUT2D eigenvalue weighted by Gasteiger charge is 2.27. The van der Waals surface area contributed by atoms with Gasteiger partial charge in [-0.25, -0.2) is 0 Å². The molecule has 5 nitrogen and oxygen atoms in total. The highest BCUT2D eigenvalue weighted by molar-refractivity contribution is 5.89. The second kappa shape index (κ2) is 9.03. The molecule has 1 heterocycles. The fourth-order valence-corrected chi connectivity index (χ4v) is 2.49. The van der Waals surface area contributed by atoms with Gasteiger partial charge in [0.05, 0.1) is 6.04 Å². The molecular weight excluding hydrogens is 266 g/mol. The summed E-state index contributed by atoms with van der Waals surface area (Å²) in [6, 6.07) is -0.560. The highest BCUT2D eigenvalue weighted by atomic mass is 16.2. The van der Waals surface area contributed by atoms with E-state index >= 15 is 0 Å². The minimum absolute atomic E-state index is 0.0443. The van der Waals surface area contributed by atoms with Crippen LogP contribution in [0.15, 0.2) is 0 Å². The molecule has 0 aromatic rings. The van der Waals surface area contributed by atoms with E-state index in [0.29, 0.717) is 24.8 Å². The maximum atomic E-state index is 12.3. The average Bonchev–Trinajstić information content (AvgIpc) is 2.90. The van der Waals surface area contributed by atoms with Gasteiger partial charge in [-0.1, -0.05) is 27.7 Å². The number of rotatable bonds is 8. The van der Waals surface area contributed by atoms with Gasteiger partial charge in [-0.3, -0.25) is 9.59 Å². The number of hydrogen-bond acceptors (Lipinski definition) is 3. The molecule has 0 bridgehead atoms. The molecule has 1 aliphatic heterocycles. The third-order valence-corrected chi connectivity index (χ3v) is 3.74. The summed E-state index contributed by atoms with van der Waals surface area (Å²) in [5.74, 6) is 0.821. The van der Waals surface area contributed by atoms with Crippen molar-refractivity contribution in [1.29, 1.82) is 0 Å². The fraction of sp³-hybridized carbons (Fsp3) is 0.875. The molecule has 0 spiro atoms. The molecular formula is C16H31N3O2. The molecule has 2 amide bonds. The topological polar surface area (TPSA) is 70.2 Å². The third kappa shape index (κ3) is 6.93. The van der Waals surface area contributed by atoms with Gasteiger partial charge in [0.25, 0.3) is 0 Å². The van der Waals surface area contributed by atoms with Gasteiger partial charge in [0.15, 0.2) is 0 Å². The molecule has 0 aliphatic carbocycles. The Morgan fingerprint density at radius 3 is 2.43 bits per heavy atom. The van der Waals surface area contributed by atoms with Crippen molar-refractivity contribution < 1.29 is 9.59 Å². The van der Waals surface area contributed by atoms with Crippen LogP contribution in [-0.4, -0.2) is 37.0 Å². The molecule has 3 N–H and O–H groups in total. The lowest BCUT2D eigenvalue weighted by Crippen LogP contribution is -2.52. The minimum Gasteiger partial charge on any atom is -0.354 e. The van der Waals surface area contributed by atoms with Crippen LogP contribution in [0.25, 0.3) is 0 Å². The van der Waals surface area contributed by atoms with E-state index in [4.69, 9.17) is 0 Å². The van der Waals surface area contributed by atoms with Gasteiger partial charge in [0, 0.05) is 6.54 Å². The first-order valence-electron chi connectivity index (χ1n) is 8.21. The van der Waals surface area contributed by atoms with Crippen LogP contribution in [0, 0.1) is 11.8 Å². The van der Waals surface area contributed by atoms with E-state index < -0.39 is 6.04 Å². The maximum absolute atomic E-state index is 12.3. The van der Waals surface area contributed by atoms with Crippen LogP contribution in [0.3, 0.4) is 0 Å². The molecule has 1 fully saturated rings. The zero-order chi connectivity index (χ0) is 15.8. The van der Waals surface area contributed by atoms with Crippen molar-refractivity contribution in [2.75, 3.05) is 13.1 Å². The molecule has 0 unspecified atom stereocenters. The summed E-state index contributed by atoms with van der Waals surface area (Å²) in [5.41, 5.74) is 0. The van der Waals surface area contributed by atoms with E-state index in [1.54, 1.807) is 0 Å². The van der Waals surface area contributed by atoms with Crippen LogP contribution < -0.4 is 16.0 Å². The van der Waals surface area contributed by atoms with Crippen molar-refractivity contribution in [1.82, 2.24) is 16.0 Å². The molecule has 21 heavy (non-hydrogen) atoms. The fourth-order valence-electron chi connectivity index (χ4n) is 2.49. The van der Waals surface area contributed by atoms with Crippen LogP contribution in [0.1, 0.15) is 53.4 Å². The molecule has 2 atom stereocenters. The van der Waals surface area contributed by atoms with Crippen LogP contribution in [0.2, 0.25) is 0 Å². The molecule has 0 saturated carbocycles. The molecule has 0 aromatic carbocycles. The van der Waals surface area contributed by atoms with Crippen molar-refractivity contribution in [3.63, 3.8) is 0 Å². The summed E-state index contributed by atoms with van der Waals surface area (Å²) >= 11 is 0. The third-order valence-electron chi connectivity index (χ3n) is 3.74. The first-order chi connectivity index (χ1) is 9.90. The first-order valence-corrected chi connectivity index (χ1v) is 8.21. The lowest BCUT2D eigenvalue weighted by Gasteiger charge is -2.22. The zero-order valence-electron chi connectivity index (χ0n) is 13.9. The molecule has 1 rings (SSSR count).